The van der Waals surface area contributed by atoms with Crippen LogP contribution in [0.15, 0.2) is 84.9 Å². The van der Waals surface area contributed by atoms with Gasteiger partial charge in [0.1, 0.15) is 5.82 Å². The summed E-state index contributed by atoms with van der Waals surface area (Å²) in [5.41, 5.74) is 12.5. The topological polar surface area (TPSA) is 63.8 Å². The van der Waals surface area contributed by atoms with Crippen molar-refractivity contribution < 1.29 is 0 Å². The Kier molecular flexibility index (Phi) is 5.02. The average Bonchev–Trinajstić information content (AvgIpc) is 2.71. The van der Waals surface area contributed by atoms with E-state index in [0.29, 0.717) is 5.82 Å². The molecule has 0 bridgehead atoms. The van der Waals surface area contributed by atoms with E-state index in [1.807, 2.05) is 36.4 Å². The number of anilines is 3. The van der Waals surface area contributed by atoms with Gasteiger partial charge in [-0.3, -0.25) is 0 Å². The van der Waals surface area contributed by atoms with Gasteiger partial charge in [-0.15, -0.1) is 0 Å². The molecule has 3 N–H and O–H groups in total. The standard InChI is InChI=1S/C24H22N4/c1-17-7-9-18(10-8-17)15-19-11-13-21(14-12-19)26-23-16-22(27-24(25)28-23)20-5-3-2-4-6-20/h2-14,16H,15H2,1H3,(H3,25,26,27,28). The van der Waals surface area contributed by atoms with Gasteiger partial charge in [-0.05, 0) is 36.6 Å². The second-order valence-electron chi connectivity index (χ2n) is 6.85. The second kappa shape index (κ2) is 7.92. The monoisotopic (exact) mass is 366 g/mol. The Morgan fingerprint density at radius 1 is 0.786 bits per heavy atom. The van der Waals surface area contributed by atoms with Crippen molar-refractivity contribution in [1.82, 2.24) is 9.97 Å². The molecule has 0 radical (unpaired) electrons. The summed E-state index contributed by atoms with van der Waals surface area (Å²) in [5, 5.41) is 3.32. The molecule has 1 heterocycles. The lowest BCUT2D eigenvalue weighted by Crippen LogP contribution is -2.01. The molecule has 0 saturated carbocycles. The zero-order valence-electron chi connectivity index (χ0n) is 15.8. The normalized spacial score (nSPS) is 10.6. The number of nitrogens with one attached hydrogen (secondary N) is 1. The number of rotatable bonds is 5. The number of nitrogens with zero attached hydrogens (tertiary/aromatic N) is 2. The SMILES string of the molecule is Cc1ccc(Cc2ccc(Nc3cc(-c4ccccc4)nc(N)n3)cc2)cc1. The molecule has 0 unspecified atom stereocenters. The molecule has 4 rings (SSSR count). The van der Waals surface area contributed by atoms with E-state index in [0.717, 1.165) is 23.4 Å². The summed E-state index contributed by atoms with van der Waals surface area (Å²) in [6, 6.07) is 28.9. The van der Waals surface area contributed by atoms with Crippen molar-refractivity contribution >= 4 is 17.5 Å². The van der Waals surface area contributed by atoms with Gasteiger partial charge in [0.15, 0.2) is 0 Å². The predicted octanol–water partition coefficient (Wildman–Crippen LogP) is 5.37. The van der Waals surface area contributed by atoms with Crippen LogP contribution in [0.3, 0.4) is 0 Å². The number of aryl methyl sites for hydroxylation is 1. The average molecular weight is 366 g/mol. The minimum atomic E-state index is 0.250. The molecule has 0 spiro atoms. The highest BCUT2D eigenvalue weighted by Gasteiger charge is 2.05. The molecule has 0 aliphatic carbocycles. The van der Waals surface area contributed by atoms with Gasteiger partial charge in [-0.2, -0.15) is 4.98 Å². The van der Waals surface area contributed by atoms with E-state index in [1.54, 1.807) is 0 Å². The van der Waals surface area contributed by atoms with Crippen LogP contribution < -0.4 is 11.1 Å². The highest BCUT2D eigenvalue weighted by atomic mass is 15.1. The first kappa shape index (κ1) is 17.7. The number of nitrogens with two attached hydrogens (primary N) is 1. The Hall–Kier alpha value is -3.66. The van der Waals surface area contributed by atoms with Gasteiger partial charge < -0.3 is 11.1 Å². The minimum Gasteiger partial charge on any atom is -0.368 e. The zero-order chi connectivity index (χ0) is 19.3. The highest BCUT2D eigenvalue weighted by Crippen LogP contribution is 2.23. The number of aromatic nitrogens is 2. The summed E-state index contributed by atoms with van der Waals surface area (Å²) in [4.78, 5) is 8.65. The maximum absolute atomic E-state index is 5.91. The Labute approximate surface area is 165 Å². The Morgan fingerprint density at radius 2 is 1.43 bits per heavy atom. The second-order valence-corrected chi connectivity index (χ2v) is 6.85. The van der Waals surface area contributed by atoms with Crippen LogP contribution >= 0.6 is 0 Å². The summed E-state index contributed by atoms with van der Waals surface area (Å²) in [6.07, 6.45) is 0.916. The van der Waals surface area contributed by atoms with Crippen molar-refractivity contribution in [2.75, 3.05) is 11.1 Å². The summed E-state index contributed by atoms with van der Waals surface area (Å²) in [7, 11) is 0. The van der Waals surface area contributed by atoms with Crippen LogP contribution in [-0.4, -0.2) is 9.97 Å². The third-order valence-electron chi connectivity index (χ3n) is 4.57. The first-order valence-corrected chi connectivity index (χ1v) is 9.27. The fourth-order valence-electron chi connectivity index (χ4n) is 3.08. The summed E-state index contributed by atoms with van der Waals surface area (Å²) in [5.74, 6) is 0.928. The van der Waals surface area contributed by atoms with Crippen LogP contribution in [0.25, 0.3) is 11.3 Å². The van der Waals surface area contributed by atoms with E-state index in [2.05, 4.69) is 70.7 Å². The van der Waals surface area contributed by atoms with Gasteiger partial charge in [0.05, 0.1) is 5.69 Å². The van der Waals surface area contributed by atoms with E-state index in [1.165, 1.54) is 16.7 Å². The van der Waals surface area contributed by atoms with Crippen molar-refractivity contribution in [2.24, 2.45) is 0 Å². The van der Waals surface area contributed by atoms with Gasteiger partial charge >= 0.3 is 0 Å². The molecule has 0 fully saturated rings. The molecule has 0 aliphatic rings. The number of hydrogen-bond donors (Lipinski definition) is 2. The molecule has 0 amide bonds. The van der Waals surface area contributed by atoms with Crippen molar-refractivity contribution in [3.05, 3.63) is 102 Å². The number of nitrogen functional groups attached to an aromatic ring is 1. The van der Waals surface area contributed by atoms with Crippen LogP contribution in [0.2, 0.25) is 0 Å². The third-order valence-corrected chi connectivity index (χ3v) is 4.57. The smallest absolute Gasteiger partial charge is 0.222 e. The molecule has 0 aliphatic heterocycles. The van der Waals surface area contributed by atoms with Gasteiger partial charge in [-0.25, -0.2) is 4.98 Å². The van der Waals surface area contributed by atoms with Crippen LogP contribution in [-0.2, 0) is 6.42 Å². The zero-order valence-corrected chi connectivity index (χ0v) is 15.8. The van der Waals surface area contributed by atoms with Crippen LogP contribution in [0.4, 0.5) is 17.5 Å². The van der Waals surface area contributed by atoms with E-state index in [-0.39, 0.29) is 5.95 Å². The fourth-order valence-corrected chi connectivity index (χ4v) is 3.08. The molecule has 0 saturated heterocycles. The summed E-state index contributed by atoms with van der Waals surface area (Å²) in [6.45, 7) is 2.10. The van der Waals surface area contributed by atoms with Crippen molar-refractivity contribution in [2.45, 2.75) is 13.3 Å². The van der Waals surface area contributed by atoms with Gasteiger partial charge in [0.25, 0.3) is 0 Å². The maximum Gasteiger partial charge on any atom is 0.222 e. The largest absolute Gasteiger partial charge is 0.368 e. The summed E-state index contributed by atoms with van der Waals surface area (Å²) < 4.78 is 0. The first-order valence-electron chi connectivity index (χ1n) is 9.27. The first-order chi connectivity index (χ1) is 13.7. The highest BCUT2D eigenvalue weighted by molar-refractivity contribution is 5.67. The lowest BCUT2D eigenvalue weighted by atomic mass is 10.0. The molecular formula is C24H22N4. The lowest BCUT2D eigenvalue weighted by Gasteiger charge is -2.10. The molecule has 4 aromatic rings. The Morgan fingerprint density at radius 3 is 2.11 bits per heavy atom. The van der Waals surface area contributed by atoms with Crippen molar-refractivity contribution in [1.29, 1.82) is 0 Å². The minimum absolute atomic E-state index is 0.250. The maximum atomic E-state index is 5.91. The van der Waals surface area contributed by atoms with Crippen molar-refractivity contribution in [3.8, 4) is 11.3 Å². The van der Waals surface area contributed by atoms with Crippen LogP contribution in [0.5, 0.6) is 0 Å². The predicted molar refractivity (Wildman–Crippen MR) is 116 cm³/mol. The number of hydrogen-bond acceptors (Lipinski definition) is 4. The number of benzene rings is 3. The molecule has 3 aromatic carbocycles. The fraction of sp³-hybridized carbons (Fsp3) is 0.0833. The molecule has 4 heteroatoms. The van der Waals surface area contributed by atoms with E-state index in [4.69, 9.17) is 5.73 Å². The molecular weight excluding hydrogens is 344 g/mol. The van der Waals surface area contributed by atoms with Gasteiger partial charge in [0, 0.05) is 17.3 Å². The lowest BCUT2D eigenvalue weighted by molar-refractivity contribution is 1.18. The van der Waals surface area contributed by atoms with E-state index < -0.39 is 0 Å². The molecule has 28 heavy (non-hydrogen) atoms. The van der Waals surface area contributed by atoms with Gasteiger partial charge in [-0.1, -0.05) is 72.3 Å². The summed E-state index contributed by atoms with van der Waals surface area (Å²) >= 11 is 0. The quantitative estimate of drug-likeness (QED) is 0.498. The molecule has 1 aromatic heterocycles. The Balaban J connectivity index is 1.50. The van der Waals surface area contributed by atoms with Crippen LogP contribution in [0, 0.1) is 6.92 Å². The molecule has 0 atom stereocenters. The van der Waals surface area contributed by atoms with Crippen LogP contribution in [0.1, 0.15) is 16.7 Å². The van der Waals surface area contributed by atoms with E-state index >= 15 is 0 Å². The Bertz CT molecular complexity index is 1060. The third kappa shape index (κ3) is 4.35. The van der Waals surface area contributed by atoms with Gasteiger partial charge in [0.2, 0.25) is 5.95 Å². The van der Waals surface area contributed by atoms with Crippen molar-refractivity contribution in [3.63, 3.8) is 0 Å². The van der Waals surface area contributed by atoms with E-state index in [9.17, 15) is 0 Å². The molecule has 4 nitrogen and oxygen atoms in total. The molecule has 138 valence electrons.